The molecule has 0 spiro atoms. The number of benzene rings is 2. The molecule has 0 bridgehead atoms. The van der Waals surface area contributed by atoms with Gasteiger partial charge < -0.3 is 10.1 Å². The molecule has 0 amide bonds. The van der Waals surface area contributed by atoms with E-state index >= 15 is 0 Å². The average Bonchev–Trinajstić information content (AvgIpc) is 3.09. The predicted molar refractivity (Wildman–Crippen MR) is 110 cm³/mol. The highest BCUT2D eigenvalue weighted by molar-refractivity contribution is 5.62. The van der Waals surface area contributed by atoms with Gasteiger partial charge >= 0.3 is 0 Å². The van der Waals surface area contributed by atoms with Crippen molar-refractivity contribution in [2.24, 2.45) is 0 Å². The van der Waals surface area contributed by atoms with Gasteiger partial charge in [0.25, 0.3) is 0 Å². The molecule has 1 heterocycles. The summed E-state index contributed by atoms with van der Waals surface area (Å²) in [6.07, 6.45) is 1.90. The van der Waals surface area contributed by atoms with E-state index in [1.807, 2.05) is 6.20 Å². The van der Waals surface area contributed by atoms with Gasteiger partial charge in [-0.05, 0) is 44.4 Å². The molecule has 0 aliphatic carbocycles. The maximum Gasteiger partial charge on any atom is 0.0724 e. The average molecular weight is 364 g/mol. The zero-order chi connectivity index (χ0) is 19.3. The summed E-state index contributed by atoms with van der Waals surface area (Å²) in [4.78, 5) is 0. The van der Waals surface area contributed by atoms with E-state index in [-0.39, 0.29) is 5.60 Å². The van der Waals surface area contributed by atoms with Gasteiger partial charge in [-0.1, -0.05) is 54.1 Å². The number of hydrogen-bond donors (Lipinski definition) is 2. The molecule has 0 aliphatic heterocycles. The van der Waals surface area contributed by atoms with Crippen molar-refractivity contribution >= 4 is 0 Å². The molecule has 1 aromatic heterocycles. The Bertz CT molecular complexity index is 860. The quantitative estimate of drug-likeness (QED) is 0.622. The number of hydrogen-bond acceptors (Lipinski definition) is 3. The number of rotatable bonds is 7. The van der Waals surface area contributed by atoms with Gasteiger partial charge in [-0.2, -0.15) is 5.10 Å². The zero-order valence-electron chi connectivity index (χ0n) is 16.7. The Morgan fingerprint density at radius 2 is 1.74 bits per heavy atom. The highest BCUT2D eigenvalue weighted by Crippen LogP contribution is 2.21. The van der Waals surface area contributed by atoms with Crippen molar-refractivity contribution in [2.45, 2.75) is 53.0 Å². The third-order valence-corrected chi connectivity index (χ3v) is 4.37. The Balaban J connectivity index is 1.58. The van der Waals surface area contributed by atoms with Crippen LogP contribution in [0.3, 0.4) is 0 Å². The SMILES string of the molecule is Cc1ccc(-c2[nH]ncc2CNCc2cccc(COC(C)(C)C)c2)cc1. The van der Waals surface area contributed by atoms with Crippen molar-refractivity contribution in [3.8, 4) is 11.3 Å². The van der Waals surface area contributed by atoms with Crippen LogP contribution in [0, 0.1) is 6.92 Å². The maximum absolute atomic E-state index is 5.87. The number of ether oxygens (including phenoxy) is 1. The predicted octanol–water partition coefficient (Wildman–Crippen LogP) is 4.99. The molecule has 3 aromatic rings. The molecular weight excluding hydrogens is 334 g/mol. The Hall–Kier alpha value is -2.43. The monoisotopic (exact) mass is 363 g/mol. The summed E-state index contributed by atoms with van der Waals surface area (Å²) in [5.74, 6) is 0. The molecule has 142 valence electrons. The van der Waals surface area contributed by atoms with Gasteiger partial charge in [-0.25, -0.2) is 0 Å². The smallest absolute Gasteiger partial charge is 0.0724 e. The Morgan fingerprint density at radius 3 is 2.48 bits per heavy atom. The summed E-state index contributed by atoms with van der Waals surface area (Å²) in [7, 11) is 0. The third-order valence-electron chi connectivity index (χ3n) is 4.37. The zero-order valence-corrected chi connectivity index (χ0v) is 16.7. The van der Waals surface area contributed by atoms with Crippen LogP contribution in [0.25, 0.3) is 11.3 Å². The van der Waals surface area contributed by atoms with Crippen molar-refractivity contribution in [2.75, 3.05) is 0 Å². The van der Waals surface area contributed by atoms with Crippen LogP contribution in [0.1, 0.15) is 43.0 Å². The van der Waals surface area contributed by atoms with E-state index in [0.717, 1.165) is 24.3 Å². The topological polar surface area (TPSA) is 49.9 Å². The summed E-state index contributed by atoms with van der Waals surface area (Å²) in [6, 6.07) is 17.1. The van der Waals surface area contributed by atoms with E-state index in [4.69, 9.17) is 4.74 Å². The van der Waals surface area contributed by atoms with Crippen molar-refractivity contribution < 1.29 is 4.74 Å². The molecule has 4 heteroatoms. The van der Waals surface area contributed by atoms with Crippen LogP contribution >= 0.6 is 0 Å². The molecule has 0 saturated carbocycles. The van der Waals surface area contributed by atoms with Crippen LogP contribution in [0.2, 0.25) is 0 Å². The van der Waals surface area contributed by atoms with Gasteiger partial charge in [0.1, 0.15) is 0 Å². The summed E-state index contributed by atoms with van der Waals surface area (Å²) in [5.41, 5.74) is 7.01. The van der Waals surface area contributed by atoms with Crippen LogP contribution in [0.5, 0.6) is 0 Å². The number of nitrogens with one attached hydrogen (secondary N) is 2. The molecule has 0 unspecified atom stereocenters. The normalized spacial score (nSPS) is 11.7. The van der Waals surface area contributed by atoms with E-state index in [1.54, 1.807) is 0 Å². The van der Waals surface area contributed by atoms with Crippen molar-refractivity contribution in [1.82, 2.24) is 15.5 Å². The van der Waals surface area contributed by atoms with E-state index < -0.39 is 0 Å². The second-order valence-corrected chi connectivity index (χ2v) is 7.96. The van der Waals surface area contributed by atoms with Gasteiger partial charge in [0.2, 0.25) is 0 Å². The standard InChI is InChI=1S/C23H29N3O/c1-17-8-10-20(11-9-17)22-21(15-25-26-22)14-24-13-18-6-5-7-19(12-18)16-27-23(2,3)4/h5-12,15,24H,13-14,16H2,1-4H3,(H,25,26). The largest absolute Gasteiger partial charge is 0.371 e. The van der Waals surface area contributed by atoms with Gasteiger partial charge in [0, 0.05) is 18.7 Å². The van der Waals surface area contributed by atoms with Crippen LogP contribution in [0.15, 0.2) is 54.7 Å². The highest BCUT2D eigenvalue weighted by Gasteiger charge is 2.10. The molecule has 2 N–H and O–H groups in total. The minimum atomic E-state index is -0.123. The summed E-state index contributed by atoms with van der Waals surface area (Å²) in [6.45, 7) is 10.5. The molecule has 0 saturated heterocycles. The van der Waals surface area contributed by atoms with E-state index in [0.29, 0.717) is 6.61 Å². The fraction of sp³-hybridized carbons (Fsp3) is 0.348. The first kappa shape index (κ1) is 19.3. The Kier molecular flexibility index (Phi) is 6.09. The Morgan fingerprint density at radius 1 is 1.00 bits per heavy atom. The summed E-state index contributed by atoms with van der Waals surface area (Å²) in [5, 5.41) is 10.9. The molecule has 0 radical (unpaired) electrons. The van der Waals surface area contributed by atoms with Gasteiger partial charge in [-0.15, -0.1) is 0 Å². The lowest BCUT2D eigenvalue weighted by atomic mass is 10.1. The maximum atomic E-state index is 5.87. The first-order valence-electron chi connectivity index (χ1n) is 9.42. The number of aryl methyl sites for hydroxylation is 1. The number of aromatic nitrogens is 2. The fourth-order valence-corrected chi connectivity index (χ4v) is 2.89. The lowest BCUT2D eigenvalue weighted by molar-refractivity contribution is -0.0149. The van der Waals surface area contributed by atoms with Crippen LogP contribution < -0.4 is 5.32 Å². The van der Waals surface area contributed by atoms with Crippen molar-refractivity contribution in [1.29, 1.82) is 0 Å². The molecular formula is C23H29N3O. The highest BCUT2D eigenvalue weighted by atomic mass is 16.5. The van der Waals surface area contributed by atoms with Crippen LogP contribution in [-0.4, -0.2) is 15.8 Å². The molecule has 0 aliphatic rings. The first-order valence-corrected chi connectivity index (χ1v) is 9.42. The second kappa shape index (κ2) is 8.51. The minimum absolute atomic E-state index is 0.123. The molecule has 4 nitrogen and oxygen atoms in total. The first-order chi connectivity index (χ1) is 12.9. The van der Waals surface area contributed by atoms with Gasteiger partial charge in [-0.3, -0.25) is 5.10 Å². The number of aromatic amines is 1. The van der Waals surface area contributed by atoms with Gasteiger partial charge in [0.05, 0.1) is 24.1 Å². The van der Waals surface area contributed by atoms with E-state index in [1.165, 1.54) is 22.3 Å². The summed E-state index contributed by atoms with van der Waals surface area (Å²) >= 11 is 0. The van der Waals surface area contributed by atoms with Crippen LogP contribution in [0.4, 0.5) is 0 Å². The van der Waals surface area contributed by atoms with Crippen molar-refractivity contribution in [3.05, 3.63) is 77.0 Å². The molecule has 0 atom stereocenters. The Labute approximate surface area is 162 Å². The molecule has 2 aromatic carbocycles. The molecule has 3 rings (SSSR count). The number of nitrogens with zero attached hydrogens (tertiary/aromatic N) is 1. The second-order valence-electron chi connectivity index (χ2n) is 7.96. The van der Waals surface area contributed by atoms with Crippen molar-refractivity contribution in [3.63, 3.8) is 0 Å². The lowest BCUT2D eigenvalue weighted by Gasteiger charge is -2.19. The van der Waals surface area contributed by atoms with E-state index in [2.05, 4.69) is 91.7 Å². The summed E-state index contributed by atoms with van der Waals surface area (Å²) < 4.78 is 5.87. The lowest BCUT2D eigenvalue weighted by Crippen LogP contribution is -2.18. The number of H-pyrrole nitrogens is 1. The van der Waals surface area contributed by atoms with Gasteiger partial charge in [0.15, 0.2) is 0 Å². The van der Waals surface area contributed by atoms with Crippen LogP contribution in [-0.2, 0) is 24.4 Å². The fourth-order valence-electron chi connectivity index (χ4n) is 2.89. The third kappa shape index (κ3) is 5.78. The minimum Gasteiger partial charge on any atom is -0.371 e. The van der Waals surface area contributed by atoms with E-state index in [9.17, 15) is 0 Å². The molecule has 0 fully saturated rings. The molecule has 27 heavy (non-hydrogen) atoms.